The van der Waals surface area contributed by atoms with Gasteiger partial charge in [-0.25, -0.2) is 13.9 Å². The zero-order valence-corrected chi connectivity index (χ0v) is 14.3. The van der Waals surface area contributed by atoms with Crippen LogP contribution in [0.15, 0.2) is 36.9 Å². The topological polar surface area (TPSA) is 75.4 Å². The third kappa shape index (κ3) is 3.35. The van der Waals surface area contributed by atoms with Crippen LogP contribution in [-0.2, 0) is 0 Å². The number of nitrogens with one attached hydrogen (secondary N) is 1. The molecular formula is C17H14F4N6O. The summed E-state index contributed by atoms with van der Waals surface area (Å²) in [5, 5.41) is 6.47. The predicted molar refractivity (Wildman–Crippen MR) is 91.6 cm³/mol. The van der Waals surface area contributed by atoms with Crippen LogP contribution in [0.4, 0.5) is 29.1 Å². The first-order chi connectivity index (χ1) is 13.3. The Hall–Kier alpha value is -3.24. The minimum Gasteiger partial charge on any atom is -0.344 e. The summed E-state index contributed by atoms with van der Waals surface area (Å²) in [5.41, 5.74) is 0.290. The number of fused-ring (bicyclic) bond motifs is 1. The number of amides is 1. The maximum absolute atomic E-state index is 13.2. The Kier molecular flexibility index (Phi) is 4.36. The molecule has 4 rings (SSSR count). The van der Waals surface area contributed by atoms with Crippen molar-refractivity contribution in [3.05, 3.63) is 48.3 Å². The van der Waals surface area contributed by atoms with Gasteiger partial charge in [0.05, 0.1) is 24.3 Å². The highest BCUT2D eigenvalue weighted by Gasteiger charge is 2.46. The van der Waals surface area contributed by atoms with E-state index in [4.69, 9.17) is 0 Å². The third-order valence-corrected chi connectivity index (χ3v) is 4.49. The molecule has 1 N–H and O–H groups in total. The molecular weight excluding hydrogens is 380 g/mol. The van der Waals surface area contributed by atoms with Crippen molar-refractivity contribution in [3.8, 4) is 0 Å². The Morgan fingerprint density at radius 1 is 1.25 bits per heavy atom. The quantitative estimate of drug-likeness (QED) is 0.691. The average Bonchev–Trinajstić information content (AvgIpc) is 3.28. The van der Waals surface area contributed by atoms with Crippen molar-refractivity contribution < 1.29 is 22.4 Å². The van der Waals surface area contributed by atoms with Gasteiger partial charge in [0.15, 0.2) is 5.65 Å². The molecule has 1 saturated heterocycles. The molecule has 0 spiro atoms. The van der Waals surface area contributed by atoms with Crippen LogP contribution >= 0.6 is 0 Å². The average molecular weight is 394 g/mol. The van der Waals surface area contributed by atoms with Crippen molar-refractivity contribution in [2.75, 3.05) is 16.8 Å². The van der Waals surface area contributed by atoms with Crippen LogP contribution in [0.3, 0.4) is 0 Å². The van der Waals surface area contributed by atoms with Crippen LogP contribution in [0.5, 0.6) is 0 Å². The lowest BCUT2D eigenvalue weighted by atomic mass is 10.2. The van der Waals surface area contributed by atoms with Gasteiger partial charge in [-0.3, -0.25) is 9.78 Å². The Bertz CT molecular complexity index is 1030. The number of aromatic nitrogens is 4. The molecule has 0 bridgehead atoms. The second kappa shape index (κ2) is 6.73. The minimum atomic E-state index is -4.37. The van der Waals surface area contributed by atoms with Gasteiger partial charge in [-0.05, 0) is 18.9 Å². The Morgan fingerprint density at radius 2 is 2.07 bits per heavy atom. The van der Waals surface area contributed by atoms with Crippen LogP contribution < -0.4 is 10.2 Å². The molecule has 1 atom stereocenters. The molecule has 0 unspecified atom stereocenters. The zero-order valence-electron chi connectivity index (χ0n) is 14.3. The van der Waals surface area contributed by atoms with E-state index in [0.29, 0.717) is 6.42 Å². The van der Waals surface area contributed by atoms with Crippen molar-refractivity contribution in [1.82, 2.24) is 19.6 Å². The Labute approximate surface area is 156 Å². The normalized spacial score (nSPS) is 17.3. The molecule has 1 fully saturated rings. The van der Waals surface area contributed by atoms with Gasteiger partial charge in [0.25, 0.3) is 5.91 Å². The fourth-order valence-corrected chi connectivity index (χ4v) is 3.24. The molecule has 0 radical (unpaired) electrons. The van der Waals surface area contributed by atoms with Crippen LogP contribution in [0.2, 0.25) is 0 Å². The van der Waals surface area contributed by atoms with E-state index < -0.39 is 23.9 Å². The third-order valence-electron chi connectivity index (χ3n) is 4.49. The summed E-state index contributed by atoms with van der Waals surface area (Å²) in [4.78, 5) is 21.6. The second-order valence-corrected chi connectivity index (χ2v) is 6.35. The second-order valence-electron chi connectivity index (χ2n) is 6.35. The largest absolute Gasteiger partial charge is 0.408 e. The summed E-state index contributed by atoms with van der Waals surface area (Å²) in [5.74, 6) is -1.12. The van der Waals surface area contributed by atoms with Gasteiger partial charge >= 0.3 is 6.18 Å². The standard InChI is InChI=1S/C17H14F4N6O/c18-10-6-11(8-22-7-10)24-16(28)12-9-23-27-5-3-14(25-15(12)27)26-4-1-2-13(26)17(19,20)21/h3,5-9,13H,1-2,4H2,(H,24,28)/t13-/m1/s1. The Morgan fingerprint density at radius 3 is 2.82 bits per heavy atom. The molecule has 28 heavy (non-hydrogen) atoms. The molecule has 0 aromatic carbocycles. The molecule has 1 aliphatic heterocycles. The highest BCUT2D eigenvalue weighted by molar-refractivity contribution is 6.08. The molecule has 1 aliphatic rings. The number of hydrogen-bond acceptors (Lipinski definition) is 5. The van der Waals surface area contributed by atoms with Crippen LogP contribution in [0.25, 0.3) is 5.65 Å². The summed E-state index contributed by atoms with van der Waals surface area (Å²) in [6.45, 7) is 0.220. The summed E-state index contributed by atoms with van der Waals surface area (Å²) < 4.78 is 54.3. The lowest BCUT2D eigenvalue weighted by Crippen LogP contribution is -2.41. The summed E-state index contributed by atoms with van der Waals surface area (Å²) in [6, 6.07) is 0.913. The van der Waals surface area contributed by atoms with Gasteiger partial charge in [0.2, 0.25) is 0 Å². The maximum Gasteiger partial charge on any atom is 0.408 e. The number of alkyl halides is 3. The maximum atomic E-state index is 13.2. The van der Waals surface area contributed by atoms with Gasteiger partial charge in [-0.15, -0.1) is 0 Å². The Balaban J connectivity index is 1.66. The minimum absolute atomic E-state index is 0.00443. The summed E-state index contributed by atoms with van der Waals surface area (Å²) in [7, 11) is 0. The number of anilines is 2. The SMILES string of the molecule is O=C(Nc1cncc(F)c1)c1cnn2ccc(N3CCC[C@@H]3C(F)(F)F)nc12. The molecule has 11 heteroatoms. The van der Waals surface area contributed by atoms with Crippen molar-refractivity contribution >= 4 is 23.1 Å². The number of carbonyl (C=O) groups excluding carboxylic acids is 1. The van der Waals surface area contributed by atoms with Crippen molar-refractivity contribution in [2.45, 2.75) is 25.1 Å². The molecule has 1 amide bonds. The van der Waals surface area contributed by atoms with E-state index in [1.807, 2.05) is 0 Å². The van der Waals surface area contributed by atoms with Gasteiger partial charge < -0.3 is 10.2 Å². The smallest absolute Gasteiger partial charge is 0.344 e. The van der Waals surface area contributed by atoms with E-state index >= 15 is 0 Å². The molecule has 3 aromatic heterocycles. The lowest BCUT2D eigenvalue weighted by Gasteiger charge is -2.27. The van der Waals surface area contributed by atoms with Gasteiger partial charge in [0.1, 0.15) is 23.2 Å². The number of rotatable bonds is 3. The molecule has 3 aromatic rings. The van der Waals surface area contributed by atoms with Crippen LogP contribution in [0.1, 0.15) is 23.2 Å². The van der Waals surface area contributed by atoms with Gasteiger partial charge in [0, 0.05) is 18.8 Å². The fraction of sp³-hybridized carbons (Fsp3) is 0.294. The number of nitrogens with zero attached hydrogens (tertiary/aromatic N) is 5. The van der Waals surface area contributed by atoms with Crippen molar-refractivity contribution in [1.29, 1.82) is 0 Å². The number of hydrogen-bond donors (Lipinski definition) is 1. The summed E-state index contributed by atoms with van der Waals surface area (Å²) in [6.07, 6.45) is 0.986. The molecule has 146 valence electrons. The van der Waals surface area contributed by atoms with Gasteiger partial charge in [-0.1, -0.05) is 0 Å². The molecule has 0 aliphatic carbocycles. The highest BCUT2D eigenvalue weighted by atomic mass is 19.4. The first-order valence-corrected chi connectivity index (χ1v) is 8.42. The van der Waals surface area contributed by atoms with Crippen LogP contribution in [0, 0.1) is 5.82 Å². The molecule has 7 nitrogen and oxygen atoms in total. The van der Waals surface area contributed by atoms with Crippen molar-refractivity contribution in [2.24, 2.45) is 0 Å². The van der Waals surface area contributed by atoms with E-state index in [9.17, 15) is 22.4 Å². The zero-order chi connectivity index (χ0) is 19.9. The van der Waals surface area contributed by atoms with E-state index in [1.54, 1.807) is 0 Å². The van der Waals surface area contributed by atoms with Crippen molar-refractivity contribution in [3.63, 3.8) is 0 Å². The van der Waals surface area contributed by atoms with Gasteiger partial charge in [-0.2, -0.15) is 18.3 Å². The lowest BCUT2D eigenvalue weighted by molar-refractivity contribution is -0.146. The van der Waals surface area contributed by atoms with E-state index in [2.05, 4.69) is 20.4 Å². The first kappa shape index (κ1) is 18.1. The highest BCUT2D eigenvalue weighted by Crippen LogP contribution is 2.35. The van der Waals surface area contributed by atoms with Crippen LogP contribution in [-0.4, -0.2) is 44.3 Å². The first-order valence-electron chi connectivity index (χ1n) is 8.42. The fourth-order valence-electron chi connectivity index (χ4n) is 3.24. The van der Waals surface area contributed by atoms with E-state index in [0.717, 1.165) is 12.3 Å². The monoisotopic (exact) mass is 394 g/mol. The number of halogens is 4. The number of pyridine rings is 1. The van der Waals surface area contributed by atoms with E-state index in [-0.39, 0.29) is 35.7 Å². The summed E-state index contributed by atoms with van der Waals surface area (Å²) >= 11 is 0. The predicted octanol–water partition coefficient (Wildman–Crippen LogP) is 3.05. The number of carbonyl (C=O) groups is 1. The molecule has 0 saturated carbocycles. The van der Waals surface area contributed by atoms with E-state index in [1.165, 1.54) is 34.1 Å². The molecule has 4 heterocycles.